The van der Waals surface area contributed by atoms with E-state index in [9.17, 15) is 4.79 Å². The summed E-state index contributed by atoms with van der Waals surface area (Å²) >= 11 is 0. The molecule has 3 atom stereocenters. The Kier molecular flexibility index (Phi) is 4.71. The van der Waals surface area contributed by atoms with Crippen molar-refractivity contribution in [3.05, 3.63) is 72.8 Å². The fraction of sp³-hybridized carbons (Fsp3) is 0.250. The van der Waals surface area contributed by atoms with Gasteiger partial charge >= 0.3 is 14.6 Å². The largest absolute Gasteiger partial charge is 0.532 e. The predicted octanol–water partition coefficient (Wildman–Crippen LogP) is 5.13. The predicted molar refractivity (Wildman–Crippen MR) is 96.0 cm³/mol. The molecule has 0 aromatic heterocycles. The maximum absolute atomic E-state index is 12.6. The van der Waals surface area contributed by atoms with E-state index in [0.29, 0.717) is 23.3 Å². The Labute approximate surface area is 148 Å². The second-order valence-corrected chi connectivity index (χ2v) is 7.32. The number of rotatable bonds is 6. The topological polar surface area (TPSA) is 44.8 Å². The normalized spacial score (nSPS) is 23.6. The Bertz CT molecular complexity index is 705. The van der Waals surface area contributed by atoms with Gasteiger partial charge in [0.2, 0.25) is 0 Å². The summed E-state index contributed by atoms with van der Waals surface area (Å²) in [6.07, 6.45) is 6.26. The first-order chi connectivity index (χ1) is 12.3. The van der Waals surface area contributed by atoms with Crippen molar-refractivity contribution in [1.29, 1.82) is 0 Å². The van der Waals surface area contributed by atoms with Crippen molar-refractivity contribution < 1.29 is 18.4 Å². The van der Waals surface area contributed by atoms with E-state index in [-0.39, 0.29) is 11.9 Å². The third kappa shape index (κ3) is 3.85. The molecule has 0 saturated heterocycles. The fourth-order valence-corrected chi connectivity index (χ4v) is 4.37. The van der Waals surface area contributed by atoms with Crippen LogP contribution in [-0.2, 0) is 9.32 Å². The van der Waals surface area contributed by atoms with Crippen LogP contribution in [0.15, 0.2) is 72.8 Å². The van der Waals surface area contributed by atoms with Gasteiger partial charge in [0.1, 0.15) is 11.5 Å². The molecule has 0 radical (unpaired) electrons. The Morgan fingerprint density at radius 2 is 1.44 bits per heavy atom. The van der Waals surface area contributed by atoms with E-state index in [1.54, 1.807) is 0 Å². The average Bonchev–Trinajstić information content (AvgIpc) is 3.27. The molecule has 3 unspecified atom stereocenters. The van der Waals surface area contributed by atoms with Crippen molar-refractivity contribution in [3.8, 4) is 11.5 Å². The summed E-state index contributed by atoms with van der Waals surface area (Å²) in [5.41, 5.74) is 0. The molecule has 128 valence electrons. The molecule has 0 N–H and O–H groups in total. The summed E-state index contributed by atoms with van der Waals surface area (Å²) < 4.78 is 17.3. The molecule has 2 aromatic rings. The van der Waals surface area contributed by atoms with E-state index in [4.69, 9.17) is 13.6 Å². The molecule has 0 amide bonds. The van der Waals surface area contributed by atoms with Crippen LogP contribution in [0.2, 0.25) is 0 Å². The zero-order valence-corrected chi connectivity index (χ0v) is 14.5. The van der Waals surface area contributed by atoms with Crippen LogP contribution in [0.4, 0.5) is 0 Å². The van der Waals surface area contributed by atoms with Gasteiger partial charge in [0.25, 0.3) is 0 Å². The molecule has 2 bridgehead atoms. The van der Waals surface area contributed by atoms with Crippen molar-refractivity contribution in [2.45, 2.75) is 12.8 Å². The number of para-hydroxylation sites is 2. The van der Waals surface area contributed by atoms with Gasteiger partial charge in [0.15, 0.2) is 0 Å². The van der Waals surface area contributed by atoms with Crippen molar-refractivity contribution >= 4 is 14.6 Å². The van der Waals surface area contributed by atoms with Crippen LogP contribution in [0.25, 0.3) is 0 Å². The number of allylic oxidation sites excluding steroid dienone is 2. The number of carbonyl (C=O) groups excluding carboxylic acids is 1. The zero-order chi connectivity index (χ0) is 17.1. The third-order valence-electron chi connectivity index (χ3n) is 4.59. The highest BCUT2D eigenvalue weighted by Gasteiger charge is 2.42. The standard InChI is InChI=1S/C20H19O4P/c21-20(19-14-15-11-12-16(19)13-15)24-25(22-17-7-3-1-4-8-17)23-18-9-5-2-6-10-18/h1-12,15-16,19H,13-14H2. The van der Waals surface area contributed by atoms with Gasteiger partial charge < -0.3 is 13.6 Å². The minimum atomic E-state index is -1.85. The van der Waals surface area contributed by atoms with Gasteiger partial charge in [-0.25, -0.2) is 0 Å². The Balaban J connectivity index is 1.46. The van der Waals surface area contributed by atoms with Crippen LogP contribution in [0, 0.1) is 17.8 Å². The fourth-order valence-electron chi connectivity index (χ4n) is 3.38. The quantitative estimate of drug-likeness (QED) is 0.533. The van der Waals surface area contributed by atoms with Gasteiger partial charge in [-0.15, -0.1) is 0 Å². The lowest BCUT2D eigenvalue weighted by molar-refractivity contribution is -0.140. The van der Waals surface area contributed by atoms with E-state index >= 15 is 0 Å². The third-order valence-corrected chi connectivity index (χ3v) is 5.64. The molecule has 1 saturated carbocycles. The van der Waals surface area contributed by atoms with Gasteiger partial charge in [-0.1, -0.05) is 48.6 Å². The number of hydrogen-bond donors (Lipinski definition) is 0. The lowest BCUT2D eigenvalue weighted by Gasteiger charge is -2.21. The molecule has 1 fully saturated rings. The molecule has 25 heavy (non-hydrogen) atoms. The van der Waals surface area contributed by atoms with Gasteiger partial charge in [0, 0.05) is 0 Å². The monoisotopic (exact) mass is 354 g/mol. The lowest BCUT2D eigenvalue weighted by atomic mass is 9.94. The first-order valence-electron chi connectivity index (χ1n) is 8.44. The Morgan fingerprint density at radius 1 is 0.840 bits per heavy atom. The van der Waals surface area contributed by atoms with Gasteiger partial charge in [-0.2, -0.15) is 0 Å². The second kappa shape index (κ2) is 7.28. The van der Waals surface area contributed by atoms with Crippen molar-refractivity contribution in [2.75, 3.05) is 0 Å². The molecule has 5 heteroatoms. The van der Waals surface area contributed by atoms with E-state index in [0.717, 1.165) is 12.8 Å². The molecule has 2 aliphatic carbocycles. The van der Waals surface area contributed by atoms with E-state index in [1.807, 2.05) is 60.7 Å². The minimum absolute atomic E-state index is 0.0845. The highest BCUT2D eigenvalue weighted by molar-refractivity contribution is 7.43. The molecule has 0 aliphatic heterocycles. The van der Waals surface area contributed by atoms with Gasteiger partial charge in [-0.05, 0) is 48.9 Å². The SMILES string of the molecule is O=C(OP(Oc1ccccc1)Oc1ccccc1)C1CC2C=CC1C2. The molecule has 0 spiro atoms. The average molecular weight is 354 g/mol. The molecule has 4 nitrogen and oxygen atoms in total. The summed E-state index contributed by atoms with van der Waals surface area (Å²) in [4.78, 5) is 12.6. The van der Waals surface area contributed by atoms with Crippen molar-refractivity contribution in [1.82, 2.24) is 0 Å². The summed E-state index contributed by atoms with van der Waals surface area (Å²) in [5, 5.41) is 0. The van der Waals surface area contributed by atoms with Crippen molar-refractivity contribution in [3.63, 3.8) is 0 Å². The van der Waals surface area contributed by atoms with Crippen LogP contribution in [0.5, 0.6) is 11.5 Å². The number of carbonyl (C=O) groups is 1. The number of fused-ring (bicyclic) bond motifs is 2. The second-order valence-electron chi connectivity index (χ2n) is 6.33. The first-order valence-corrected chi connectivity index (χ1v) is 9.54. The van der Waals surface area contributed by atoms with Crippen LogP contribution in [-0.4, -0.2) is 5.97 Å². The van der Waals surface area contributed by atoms with Gasteiger partial charge in [-0.3, -0.25) is 4.79 Å². The summed E-state index contributed by atoms with van der Waals surface area (Å²) in [6, 6.07) is 18.6. The summed E-state index contributed by atoms with van der Waals surface area (Å²) in [6.45, 7) is 0. The van der Waals surface area contributed by atoms with Crippen molar-refractivity contribution in [2.24, 2.45) is 17.8 Å². The smallest absolute Gasteiger partial charge is 0.408 e. The highest BCUT2D eigenvalue weighted by atomic mass is 31.2. The molecule has 4 rings (SSSR count). The molecule has 0 heterocycles. The van der Waals surface area contributed by atoms with Gasteiger partial charge in [0.05, 0.1) is 5.92 Å². The molecular formula is C20H19O4P. The van der Waals surface area contributed by atoms with E-state index < -0.39 is 8.60 Å². The maximum atomic E-state index is 12.6. The molecular weight excluding hydrogens is 335 g/mol. The first kappa shape index (κ1) is 16.2. The molecule has 2 aliphatic rings. The zero-order valence-electron chi connectivity index (χ0n) is 13.7. The number of benzene rings is 2. The summed E-state index contributed by atoms with van der Waals surface area (Å²) in [7, 11) is -1.85. The Morgan fingerprint density at radius 3 is 1.92 bits per heavy atom. The summed E-state index contributed by atoms with van der Waals surface area (Å²) in [5.74, 6) is 1.73. The Hall–Kier alpha value is -2.32. The molecule has 2 aromatic carbocycles. The van der Waals surface area contributed by atoms with Crippen LogP contribution < -0.4 is 9.05 Å². The van der Waals surface area contributed by atoms with E-state index in [2.05, 4.69) is 12.2 Å². The van der Waals surface area contributed by atoms with E-state index in [1.165, 1.54) is 0 Å². The van der Waals surface area contributed by atoms with Crippen LogP contribution in [0.3, 0.4) is 0 Å². The van der Waals surface area contributed by atoms with Crippen LogP contribution >= 0.6 is 8.60 Å². The number of hydrogen-bond acceptors (Lipinski definition) is 4. The highest BCUT2D eigenvalue weighted by Crippen LogP contribution is 2.47. The lowest BCUT2D eigenvalue weighted by Crippen LogP contribution is -2.21. The minimum Gasteiger partial charge on any atom is -0.408 e. The van der Waals surface area contributed by atoms with Crippen LogP contribution in [0.1, 0.15) is 12.8 Å². The maximum Gasteiger partial charge on any atom is 0.532 e.